The van der Waals surface area contributed by atoms with Gasteiger partial charge in [-0.3, -0.25) is 4.99 Å². The number of hydrogen-bond acceptors (Lipinski definition) is 4. The van der Waals surface area contributed by atoms with Crippen LogP contribution in [0.2, 0.25) is 0 Å². The molecule has 128 valence electrons. The number of aromatic nitrogens is 3. The van der Waals surface area contributed by atoms with Crippen molar-refractivity contribution in [2.75, 3.05) is 19.7 Å². The van der Waals surface area contributed by atoms with Crippen LogP contribution < -0.4 is 10.6 Å². The predicted molar refractivity (Wildman–Crippen MR) is 91.5 cm³/mol. The Labute approximate surface area is 138 Å². The fourth-order valence-electron chi connectivity index (χ4n) is 2.64. The molecular formula is C16H28N6O. The first kappa shape index (κ1) is 17.5. The number of nitrogens with one attached hydrogen (secondary N) is 2. The van der Waals surface area contributed by atoms with E-state index in [0.717, 1.165) is 44.2 Å². The van der Waals surface area contributed by atoms with E-state index >= 15 is 0 Å². The fraction of sp³-hybridized carbons (Fsp3) is 0.688. The molecule has 2 atom stereocenters. The lowest BCUT2D eigenvalue weighted by molar-refractivity contribution is 0.0890. The summed E-state index contributed by atoms with van der Waals surface area (Å²) in [5, 5.41) is 14.7. The number of hydrogen-bond donors (Lipinski definition) is 2. The van der Waals surface area contributed by atoms with E-state index in [1.54, 1.807) is 6.33 Å². The number of ether oxygens (including phenoxy) is 1. The van der Waals surface area contributed by atoms with Crippen molar-refractivity contribution >= 4 is 5.96 Å². The third-order valence-corrected chi connectivity index (χ3v) is 3.92. The van der Waals surface area contributed by atoms with Crippen molar-refractivity contribution in [3.05, 3.63) is 24.8 Å². The first-order valence-electron chi connectivity index (χ1n) is 8.38. The van der Waals surface area contributed by atoms with Crippen LogP contribution in [-0.2, 0) is 17.7 Å². The Morgan fingerprint density at radius 1 is 1.65 bits per heavy atom. The van der Waals surface area contributed by atoms with Gasteiger partial charge in [-0.1, -0.05) is 13.0 Å². The van der Waals surface area contributed by atoms with Crippen LogP contribution in [0.3, 0.4) is 0 Å². The zero-order chi connectivity index (χ0) is 16.5. The van der Waals surface area contributed by atoms with Gasteiger partial charge in [0, 0.05) is 26.1 Å². The monoisotopic (exact) mass is 320 g/mol. The van der Waals surface area contributed by atoms with Crippen molar-refractivity contribution in [2.45, 2.75) is 51.8 Å². The Hall–Kier alpha value is -1.89. The van der Waals surface area contributed by atoms with Crippen molar-refractivity contribution in [1.82, 2.24) is 25.4 Å². The highest BCUT2D eigenvalue weighted by atomic mass is 16.5. The highest BCUT2D eigenvalue weighted by Gasteiger charge is 2.22. The summed E-state index contributed by atoms with van der Waals surface area (Å²) >= 11 is 0. The Balaban J connectivity index is 1.89. The molecule has 0 aromatic carbocycles. The Bertz CT molecular complexity index is 506. The largest absolute Gasteiger partial charge is 0.376 e. The SMILES string of the molecule is C=CCNC(=NCCn1cnnc1CC)NC(C)C1CCCO1. The Morgan fingerprint density at radius 2 is 2.52 bits per heavy atom. The summed E-state index contributed by atoms with van der Waals surface area (Å²) < 4.78 is 7.77. The molecule has 0 radical (unpaired) electrons. The number of guanidine groups is 1. The van der Waals surface area contributed by atoms with E-state index in [1.807, 2.05) is 10.6 Å². The molecule has 7 heteroatoms. The molecule has 1 aromatic heterocycles. The topological polar surface area (TPSA) is 76.4 Å². The molecular weight excluding hydrogens is 292 g/mol. The van der Waals surface area contributed by atoms with Gasteiger partial charge in [0.25, 0.3) is 0 Å². The molecule has 0 saturated carbocycles. The molecule has 1 fully saturated rings. The van der Waals surface area contributed by atoms with Crippen LogP contribution in [0.4, 0.5) is 0 Å². The first-order chi connectivity index (χ1) is 11.2. The second-order valence-electron chi connectivity index (χ2n) is 5.68. The third-order valence-electron chi connectivity index (χ3n) is 3.92. The van der Waals surface area contributed by atoms with Crippen LogP contribution in [0.1, 0.15) is 32.5 Å². The molecule has 1 aliphatic heterocycles. The fourth-order valence-corrected chi connectivity index (χ4v) is 2.64. The minimum atomic E-state index is 0.231. The minimum Gasteiger partial charge on any atom is -0.376 e. The van der Waals surface area contributed by atoms with Crippen LogP contribution in [0.5, 0.6) is 0 Å². The lowest BCUT2D eigenvalue weighted by Gasteiger charge is -2.22. The third kappa shape index (κ3) is 5.35. The average molecular weight is 320 g/mol. The summed E-state index contributed by atoms with van der Waals surface area (Å²) in [6.45, 7) is 10.9. The molecule has 0 bridgehead atoms. The van der Waals surface area contributed by atoms with E-state index in [0.29, 0.717) is 13.1 Å². The predicted octanol–water partition coefficient (Wildman–Crippen LogP) is 1.13. The van der Waals surface area contributed by atoms with Gasteiger partial charge in [0.2, 0.25) is 0 Å². The summed E-state index contributed by atoms with van der Waals surface area (Å²) in [7, 11) is 0. The standard InChI is InChI=1S/C16H28N6O/c1-4-8-17-16(20-13(3)14-7-6-11-23-14)18-9-10-22-12-19-21-15(22)5-2/h4,12-14H,1,5-11H2,2-3H3,(H2,17,18,20). The van der Waals surface area contributed by atoms with E-state index < -0.39 is 0 Å². The Morgan fingerprint density at radius 3 is 3.22 bits per heavy atom. The normalized spacial score (nSPS) is 19.6. The van der Waals surface area contributed by atoms with Crippen LogP contribution in [0, 0.1) is 0 Å². The Kier molecular flexibility index (Phi) is 7.06. The maximum atomic E-state index is 5.73. The summed E-state index contributed by atoms with van der Waals surface area (Å²) in [5.41, 5.74) is 0. The molecule has 2 unspecified atom stereocenters. The van der Waals surface area contributed by atoms with Crippen molar-refractivity contribution in [3.63, 3.8) is 0 Å². The van der Waals surface area contributed by atoms with Crippen molar-refractivity contribution < 1.29 is 4.74 Å². The minimum absolute atomic E-state index is 0.231. The van der Waals surface area contributed by atoms with Crippen molar-refractivity contribution in [3.8, 4) is 0 Å². The average Bonchev–Trinajstić information content (AvgIpc) is 3.23. The lowest BCUT2D eigenvalue weighted by Crippen LogP contribution is -2.47. The molecule has 7 nitrogen and oxygen atoms in total. The number of aryl methyl sites for hydroxylation is 1. The number of aliphatic imine (C=N–C) groups is 1. The number of rotatable bonds is 8. The van der Waals surface area contributed by atoms with Crippen molar-refractivity contribution in [2.24, 2.45) is 4.99 Å². The van der Waals surface area contributed by atoms with Gasteiger partial charge >= 0.3 is 0 Å². The first-order valence-corrected chi connectivity index (χ1v) is 8.38. The molecule has 2 rings (SSSR count). The quantitative estimate of drug-likeness (QED) is 0.427. The number of nitrogens with zero attached hydrogens (tertiary/aromatic N) is 4. The van der Waals surface area contributed by atoms with Crippen LogP contribution in [0.15, 0.2) is 24.0 Å². The van der Waals surface area contributed by atoms with Gasteiger partial charge in [-0.25, -0.2) is 0 Å². The maximum absolute atomic E-state index is 5.73. The van der Waals surface area contributed by atoms with Crippen LogP contribution in [0.25, 0.3) is 0 Å². The van der Waals surface area contributed by atoms with E-state index in [1.165, 1.54) is 0 Å². The second-order valence-corrected chi connectivity index (χ2v) is 5.68. The molecule has 1 aliphatic rings. The lowest BCUT2D eigenvalue weighted by atomic mass is 10.1. The molecule has 0 amide bonds. The summed E-state index contributed by atoms with van der Waals surface area (Å²) in [6.07, 6.45) is 6.95. The molecule has 2 N–H and O–H groups in total. The van der Waals surface area contributed by atoms with Crippen LogP contribution >= 0.6 is 0 Å². The highest BCUT2D eigenvalue weighted by molar-refractivity contribution is 5.80. The van der Waals surface area contributed by atoms with Gasteiger partial charge in [0.15, 0.2) is 5.96 Å². The molecule has 1 aromatic rings. The van der Waals surface area contributed by atoms with Gasteiger partial charge in [-0.15, -0.1) is 16.8 Å². The summed E-state index contributed by atoms with van der Waals surface area (Å²) in [5.74, 6) is 1.78. The van der Waals surface area contributed by atoms with Gasteiger partial charge in [-0.05, 0) is 19.8 Å². The van der Waals surface area contributed by atoms with Gasteiger partial charge in [0.05, 0.1) is 18.7 Å². The van der Waals surface area contributed by atoms with Gasteiger partial charge in [0.1, 0.15) is 12.2 Å². The van der Waals surface area contributed by atoms with Gasteiger partial charge < -0.3 is 19.9 Å². The molecule has 23 heavy (non-hydrogen) atoms. The van der Waals surface area contributed by atoms with E-state index in [-0.39, 0.29) is 12.1 Å². The molecule has 2 heterocycles. The van der Waals surface area contributed by atoms with Gasteiger partial charge in [-0.2, -0.15) is 0 Å². The van der Waals surface area contributed by atoms with Crippen molar-refractivity contribution in [1.29, 1.82) is 0 Å². The van der Waals surface area contributed by atoms with Crippen LogP contribution in [-0.4, -0.2) is 52.6 Å². The van der Waals surface area contributed by atoms with E-state index in [4.69, 9.17) is 4.74 Å². The maximum Gasteiger partial charge on any atom is 0.191 e. The zero-order valence-corrected chi connectivity index (χ0v) is 14.2. The zero-order valence-electron chi connectivity index (χ0n) is 14.2. The summed E-state index contributed by atoms with van der Waals surface area (Å²) in [6, 6.07) is 0.231. The second kappa shape index (κ2) is 9.29. The highest BCUT2D eigenvalue weighted by Crippen LogP contribution is 2.15. The van der Waals surface area contributed by atoms with E-state index in [2.05, 4.69) is 46.2 Å². The molecule has 0 aliphatic carbocycles. The molecule has 0 spiro atoms. The smallest absolute Gasteiger partial charge is 0.191 e. The molecule has 1 saturated heterocycles. The summed E-state index contributed by atoms with van der Waals surface area (Å²) in [4.78, 5) is 4.64. The van der Waals surface area contributed by atoms with E-state index in [9.17, 15) is 0 Å².